The molecule has 0 aliphatic carbocycles. The first-order valence-electron chi connectivity index (χ1n) is 5.34. The van der Waals surface area contributed by atoms with E-state index in [1.54, 1.807) is 30.5 Å². The molecule has 0 aliphatic rings. The Morgan fingerprint density at radius 2 is 2.00 bits per heavy atom. The summed E-state index contributed by atoms with van der Waals surface area (Å²) in [5.74, 6) is -0.799. The van der Waals surface area contributed by atoms with E-state index in [4.69, 9.17) is 15.6 Å². The Kier molecular flexibility index (Phi) is 5.38. The molecule has 0 heterocycles. The predicted molar refractivity (Wildman–Crippen MR) is 68.1 cm³/mol. The fourth-order valence-corrected chi connectivity index (χ4v) is 1.19. The molecule has 0 spiro atoms. The molecule has 7 nitrogen and oxygen atoms in total. The Bertz CT molecular complexity index is 551. The second-order valence-electron chi connectivity index (χ2n) is 3.43. The third-order valence-corrected chi connectivity index (χ3v) is 2.05. The van der Waals surface area contributed by atoms with Gasteiger partial charge in [0.05, 0.1) is 24.6 Å². The van der Waals surface area contributed by atoms with Gasteiger partial charge in [0.1, 0.15) is 0 Å². The smallest absolute Gasteiger partial charge is 0.305 e. The number of aliphatic imine (C=N–C) groups is 1. The molecule has 0 amide bonds. The normalized spacial score (nSPS) is 10.1. The van der Waals surface area contributed by atoms with E-state index in [9.17, 15) is 4.79 Å². The lowest BCUT2D eigenvalue weighted by Gasteiger charge is -2.07. The van der Waals surface area contributed by atoms with E-state index in [0.29, 0.717) is 11.3 Å². The number of guanidine groups is 1. The SMILES string of the molecule is N#CNC(=NCCC(=O)O)Nc1ccc(C#N)cc1. The molecule has 0 fully saturated rings. The van der Waals surface area contributed by atoms with Crippen LogP contribution >= 0.6 is 0 Å². The number of aliphatic carboxylic acids is 1. The summed E-state index contributed by atoms with van der Waals surface area (Å²) in [6, 6.07) is 8.53. The molecule has 1 aromatic rings. The molecule has 3 N–H and O–H groups in total. The van der Waals surface area contributed by atoms with Crippen LogP contribution in [0.5, 0.6) is 0 Å². The van der Waals surface area contributed by atoms with Crippen molar-refractivity contribution in [1.29, 1.82) is 10.5 Å². The molecule has 0 atom stereocenters. The summed E-state index contributed by atoms with van der Waals surface area (Å²) in [4.78, 5) is 14.3. The summed E-state index contributed by atoms with van der Waals surface area (Å²) < 4.78 is 0. The number of carboxylic acids is 1. The first kappa shape index (κ1) is 14.0. The first-order chi connectivity index (χ1) is 9.15. The van der Waals surface area contributed by atoms with Gasteiger partial charge in [-0.3, -0.25) is 15.1 Å². The summed E-state index contributed by atoms with van der Waals surface area (Å²) >= 11 is 0. The zero-order valence-electron chi connectivity index (χ0n) is 9.92. The van der Waals surface area contributed by atoms with Crippen molar-refractivity contribution in [3.8, 4) is 12.3 Å². The highest BCUT2D eigenvalue weighted by molar-refractivity contribution is 5.94. The van der Waals surface area contributed by atoms with Gasteiger partial charge in [-0.2, -0.15) is 10.5 Å². The van der Waals surface area contributed by atoms with Crippen LogP contribution in [0.3, 0.4) is 0 Å². The second kappa shape index (κ2) is 7.30. The number of hydrogen-bond donors (Lipinski definition) is 3. The molecule has 0 bridgehead atoms. The van der Waals surface area contributed by atoms with Crippen LogP contribution in [-0.4, -0.2) is 23.6 Å². The van der Waals surface area contributed by atoms with Crippen molar-refractivity contribution in [2.75, 3.05) is 11.9 Å². The number of carbonyl (C=O) groups is 1. The second-order valence-corrected chi connectivity index (χ2v) is 3.43. The van der Waals surface area contributed by atoms with Gasteiger partial charge in [0, 0.05) is 5.69 Å². The van der Waals surface area contributed by atoms with Crippen molar-refractivity contribution in [3.05, 3.63) is 29.8 Å². The number of carboxylic acid groups (broad SMARTS) is 1. The Labute approximate surface area is 109 Å². The van der Waals surface area contributed by atoms with Crippen molar-refractivity contribution in [2.24, 2.45) is 4.99 Å². The molecule has 0 aromatic heterocycles. The molecule has 1 aromatic carbocycles. The van der Waals surface area contributed by atoms with Crippen molar-refractivity contribution >= 4 is 17.6 Å². The standard InChI is InChI=1S/C12H11N5O2/c13-7-9-1-3-10(4-2-9)17-12(16-8-14)15-6-5-11(18)19/h1-4H,5-6H2,(H,18,19)(H2,15,16,17). The Balaban J connectivity index is 2.69. The van der Waals surface area contributed by atoms with Crippen molar-refractivity contribution in [1.82, 2.24) is 5.32 Å². The van der Waals surface area contributed by atoms with Crippen molar-refractivity contribution in [2.45, 2.75) is 6.42 Å². The minimum absolute atomic E-state index is 0.0582. The summed E-state index contributed by atoms with van der Waals surface area (Å²) in [6.45, 7) is 0.0582. The molecule has 0 saturated heterocycles. The van der Waals surface area contributed by atoms with Gasteiger partial charge in [-0.15, -0.1) is 0 Å². The number of nitrogens with one attached hydrogen (secondary N) is 2. The monoisotopic (exact) mass is 257 g/mol. The van der Waals surface area contributed by atoms with Gasteiger partial charge in [0.25, 0.3) is 0 Å². The van der Waals surface area contributed by atoms with Crippen molar-refractivity contribution < 1.29 is 9.90 Å². The molecule has 7 heteroatoms. The molecule has 0 saturated carbocycles. The zero-order chi connectivity index (χ0) is 14.1. The third-order valence-electron chi connectivity index (χ3n) is 2.05. The summed E-state index contributed by atoms with van der Waals surface area (Å²) in [6.07, 6.45) is 1.59. The van der Waals surface area contributed by atoms with E-state index in [2.05, 4.69) is 15.6 Å². The number of nitrogens with zero attached hydrogens (tertiary/aromatic N) is 3. The molecule has 0 unspecified atom stereocenters. The molecular formula is C12H11N5O2. The van der Waals surface area contributed by atoms with Gasteiger partial charge in [-0.05, 0) is 24.3 Å². The number of hydrogen-bond acceptors (Lipinski definition) is 4. The molecule has 0 radical (unpaired) electrons. The molecule has 1 rings (SSSR count). The highest BCUT2D eigenvalue weighted by atomic mass is 16.4. The summed E-state index contributed by atoms with van der Waals surface area (Å²) in [5, 5.41) is 30.9. The van der Waals surface area contributed by atoms with Crippen LogP contribution in [0.2, 0.25) is 0 Å². The molecular weight excluding hydrogens is 246 g/mol. The van der Waals surface area contributed by atoms with Gasteiger partial charge in [-0.1, -0.05) is 0 Å². The zero-order valence-corrected chi connectivity index (χ0v) is 9.92. The third kappa shape index (κ3) is 5.20. The Morgan fingerprint density at radius 3 is 2.53 bits per heavy atom. The average Bonchev–Trinajstić information content (AvgIpc) is 2.39. The Morgan fingerprint density at radius 1 is 1.32 bits per heavy atom. The van der Waals surface area contributed by atoms with E-state index in [-0.39, 0.29) is 18.9 Å². The largest absolute Gasteiger partial charge is 0.481 e. The average molecular weight is 257 g/mol. The molecule has 96 valence electrons. The maximum absolute atomic E-state index is 10.4. The van der Waals surface area contributed by atoms with Crippen LogP contribution < -0.4 is 10.6 Å². The maximum atomic E-state index is 10.4. The minimum Gasteiger partial charge on any atom is -0.481 e. The van der Waals surface area contributed by atoms with E-state index in [0.717, 1.165) is 0 Å². The fourth-order valence-electron chi connectivity index (χ4n) is 1.19. The van der Waals surface area contributed by atoms with Crippen LogP contribution in [0.25, 0.3) is 0 Å². The van der Waals surface area contributed by atoms with Crippen LogP contribution in [0, 0.1) is 22.8 Å². The van der Waals surface area contributed by atoms with E-state index in [1.807, 2.05) is 6.07 Å². The van der Waals surface area contributed by atoms with E-state index in [1.165, 1.54) is 0 Å². The van der Waals surface area contributed by atoms with Crippen LogP contribution in [-0.2, 0) is 4.79 Å². The number of benzene rings is 1. The van der Waals surface area contributed by atoms with Gasteiger partial charge in [0.2, 0.25) is 5.96 Å². The van der Waals surface area contributed by atoms with Gasteiger partial charge >= 0.3 is 5.97 Å². The predicted octanol–water partition coefficient (Wildman–Crippen LogP) is 0.872. The lowest BCUT2D eigenvalue weighted by atomic mass is 10.2. The van der Waals surface area contributed by atoms with Gasteiger partial charge < -0.3 is 10.4 Å². The van der Waals surface area contributed by atoms with Crippen LogP contribution in [0.15, 0.2) is 29.3 Å². The van der Waals surface area contributed by atoms with E-state index >= 15 is 0 Å². The number of anilines is 1. The van der Waals surface area contributed by atoms with Crippen LogP contribution in [0.1, 0.15) is 12.0 Å². The quantitative estimate of drug-likeness (QED) is 0.318. The molecule has 0 aliphatic heterocycles. The Hall–Kier alpha value is -3.06. The summed E-state index contributed by atoms with van der Waals surface area (Å²) in [5.41, 5.74) is 1.15. The summed E-state index contributed by atoms with van der Waals surface area (Å²) in [7, 11) is 0. The first-order valence-corrected chi connectivity index (χ1v) is 5.34. The van der Waals surface area contributed by atoms with Crippen LogP contribution in [0.4, 0.5) is 5.69 Å². The van der Waals surface area contributed by atoms with E-state index < -0.39 is 5.97 Å². The highest BCUT2D eigenvalue weighted by Crippen LogP contribution is 2.08. The lowest BCUT2D eigenvalue weighted by Crippen LogP contribution is -2.27. The van der Waals surface area contributed by atoms with Crippen molar-refractivity contribution in [3.63, 3.8) is 0 Å². The minimum atomic E-state index is -0.960. The van der Waals surface area contributed by atoms with Gasteiger partial charge in [-0.25, -0.2) is 0 Å². The highest BCUT2D eigenvalue weighted by Gasteiger charge is 2.01. The lowest BCUT2D eigenvalue weighted by molar-refractivity contribution is -0.136. The fraction of sp³-hybridized carbons (Fsp3) is 0.167. The maximum Gasteiger partial charge on any atom is 0.305 e. The number of nitriles is 2. The number of rotatable bonds is 4. The van der Waals surface area contributed by atoms with Gasteiger partial charge in [0.15, 0.2) is 6.19 Å². The topological polar surface area (TPSA) is 121 Å². The molecule has 19 heavy (non-hydrogen) atoms.